The van der Waals surface area contributed by atoms with E-state index in [1.165, 1.54) is 12.1 Å². The van der Waals surface area contributed by atoms with Crippen LogP contribution in [0.3, 0.4) is 0 Å². The monoisotopic (exact) mass is 220 g/mol. The summed E-state index contributed by atoms with van der Waals surface area (Å²) in [7, 11) is 0. The van der Waals surface area contributed by atoms with E-state index in [0.717, 1.165) is 5.76 Å². The van der Waals surface area contributed by atoms with Gasteiger partial charge in [-0.25, -0.2) is 9.37 Å². The maximum Gasteiger partial charge on any atom is 0.226 e. The normalized spacial score (nSPS) is 11.0. The minimum absolute atomic E-state index is 0.257. The van der Waals surface area contributed by atoms with E-state index in [9.17, 15) is 4.39 Å². The molecule has 0 saturated carbocycles. The highest BCUT2D eigenvalue weighted by Gasteiger charge is 2.10. The fraction of sp³-hybridized carbons (Fsp3) is 0.250. The van der Waals surface area contributed by atoms with Gasteiger partial charge in [-0.1, -0.05) is 13.8 Å². The van der Waals surface area contributed by atoms with Crippen molar-refractivity contribution in [3.63, 3.8) is 0 Å². The minimum Gasteiger partial charge on any atom is -0.441 e. The molecule has 0 atom stereocenters. The molecule has 1 aromatic carbocycles. The van der Waals surface area contributed by atoms with Crippen molar-refractivity contribution in [2.75, 3.05) is 5.73 Å². The Morgan fingerprint density at radius 2 is 2.06 bits per heavy atom. The lowest BCUT2D eigenvalue weighted by Crippen LogP contribution is -1.88. The smallest absolute Gasteiger partial charge is 0.226 e. The summed E-state index contributed by atoms with van der Waals surface area (Å²) in [6.45, 7) is 4.01. The molecule has 0 spiro atoms. The average molecular weight is 220 g/mol. The number of nitrogen functional groups attached to an aromatic ring is 1. The second kappa shape index (κ2) is 3.96. The predicted molar refractivity (Wildman–Crippen MR) is 60.4 cm³/mol. The molecule has 3 nitrogen and oxygen atoms in total. The molecule has 0 bridgehead atoms. The maximum absolute atomic E-state index is 13.1. The fourth-order valence-corrected chi connectivity index (χ4v) is 1.42. The number of aromatic nitrogens is 1. The van der Waals surface area contributed by atoms with Gasteiger partial charge in [0.15, 0.2) is 0 Å². The molecule has 0 amide bonds. The van der Waals surface area contributed by atoms with E-state index in [1.807, 2.05) is 13.8 Å². The van der Waals surface area contributed by atoms with Crippen molar-refractivity contribution in [3.05, 3.63) is 36.0 Å². The Kier molecular flexibility index (Phi) is 2.64. The van der Waals surface area contributed by atoms with E-state index in [-0.39, 0.29) is 11.7 Å². The van der Waals surface area contributed by atoms with Gasteiger partial charge in [0.2, 0.25) is 5.89 Å². The minimum atomic E-state index is -0.390. The van der Waals surface area contributed by atoms with Gasteiger partial charge in [-0.15, -0.1) is 0 Å². The molecule has 2 aromatic rings. The zero-order chi connectivity index (χ0) is 11.7. The van der Waals surface area contributed by atoms with Crippen LogP contribution in [-0.4, -0.2) is 4.98 Å². The van der Waals surface area contributed by atoms with E-state index >= 15 is 0 Å². The average Bonchev–Trinajstić information content (AvgIpc) is 2.64. The molecule has 2 N–H and O–H groups in total. The van der Waals surface area contributed by atoms with Crippen LogP contribution in [0, 0.1) is 5.82 Å². The summed E-state index contributed by atoms with van der Waals surface area (Å²) in [6, 6.07) is 4.25. The Labute approximate surface area is 93.1 Å². The van der Waals surface area contributed by atoms with Gasteiger partial charge in [0, 0.05) is 17.2 Å². The van der Waals surface area contributed by atoms with E-state index in [0.29, 0.717) is 17.1 Å². The molecular weight excluding hydrogens is 207 g/mol. The Hall–Kier alpha value is -1.84. The van der Waals surface area contributed by atoms with Gasteiger partial charge in [-0.05, 0) is 18.2 Å². The van der Waals surface area contributed by atoms with Crippen LogP contribution in [-0.2, 0) is 0 Å². The van der Waals surface area contributed by atoms with Crippen molar-refractivity contribution in [1.29, 1.82) is 0 Å². The lowest BCUT2D eigenvalue weighted by molar-refractivity contribution is 0.494. The summed E-state index contributed by atoms with van der Waals surface area (Å²) in [4.78, 5) is 4.10. The number of rotatable bonds is 2. The van der Waals surface area contributed by atoms with Crippen molar-refractivity contribution >= 4 is 5.69 Å². The summed E-state index contributed by atoms with van der Waals surface area (Å²) in [5.74, 6) is 1.04. The third-order valence-corrected chi connectivity index (χ3v) is 2.26. The number of hydrogen-bond donors (Lipinski definition) is 1. The van der Waals surface area contributed by atoms with Crippen molar-refractivity contribution in [2.45, 2.75) is 19.8 Å². The molecular formula is C12H13FN2O. The Morgan fingerprint density at radius 1 is 1.31 bits per heavy atom. The number of nitrogens with zero attached hydrogens (tertiary/aromatic N) is 1. The zero-order valence-corrected chi connectivity index (χ0v) is 9.20. The molecule has 84 valence electrons. The van der Waals surface area contributed by atoms with Crippen LogP contribution in [0.15, 0.2) is 28.8 Å². The number of halogens is 1. The van der Waals surface area contributed by atoms with Crippen LogP contribution < -0.4 is 5.73 Å². The van der Waals surface area contributed by atoms with E-state index in [1.54, 1.807) is 12.3 Å². The van der Waals surface area contributed by atoms with Gasteiger partial charge in [-0.3, -0.25) is 0 Å². The number of nitrogens with two attached hydrogens (primary N) is 1. The van der Waals surface area contributed by atoms with Gasteiger partial charge in [0.1, 0.15) is 11.6 Å². The van der Waals surface area contributed by atoms with E-state index < -0.39 is 0 Å². The lowest BCUT2D eigenvalue weighted by atomic mass is 10.2. The lowest BCUT2D eigenvalue weighted by Gasteiger charge is -2.00. The quantitative estimate of drug-likeness (QED) is 0.791. The van der Waals surface area contributed by atoms with Gasteiger partial charge >= 0.3 is 0 Å². The van der Waals surface area contributed by atoms with Gasteiger partial charge in [-0.2, -0.15) is 0 Å². The van der Waals surface area contributed by atoms with Gasteiger partial charge < -0.3 is 10.2 Å². The van der Waals surface area contributed by atoms with E-state index in [2.05, 4.69) is 4.98 Å². The van der Waals surface area contributed by atoms with Gasteiger partial charge in [0.05, 0.1) is 6.20 Å². The Bertz CT molecular complexity index is 485. The van der Waals surface area contributed by atoms with Crippen LogP contribution in [0.4, 0.5) is 10.1 Å². The topological polar surface area (TPSA) is 52.0 Å². The number of anilines is 1. The predicted octanol–water partition coefficient (Wildman–Crippen LogP) is 3.19. The Balaban J connectivity index is 2.42. The molecule has 0 aliphatic rings. The van der Waals surface area contributed by atoms with Crippen LogP contribution in [0.5, 0.6) is 0 Å². The first-order chi connectivity index (χ1) is 7.56. The first-order valence-electron chi connectivity index (χ1n) is 5.08. The summed E-state index contributed by atoms with van der Waals surface area (Å²) in [5, 5.41) is 0. The summed E-state index contributed by atoms with van der Waals surface area (Å²) in [6.07, 6.45) is 1.65. The number of hydrogen-bond acceptors (Lipinski definition) is 3. The van der Waals surface area contributed by atoms with Crippen LogP contribution in [0.1, 0.15) is 25.5 Å². The largest absolute Gasteiger partial charge is 0.441 e. The van der Waals surface area contributed by atoms with Crippen LogP contribution in [0.2, 0.25) is 0 Å². The third kappa shape index (κ3) is 2.05. The highest BCUT2D eigenvalue weighted by Crippen LogP contribution is 2.25. The number of benzene rings is 1. The molecule has 0 fully saturated rings. The fourth-order valence-electron chi connectivity index (χ4n) is 1.42. The second-order valence-corrected chi connectivity index (χ2v) is 4.00. The van der Waals surface area contributed by atoms with Crippen molar-refractivity contribution in [1.82, 2.24) is 4.98 Å². The Morgan fingerprint density at radius 3 is 2.62 bits per heavy atom. The van der Waals surface area contributed by atoms with Crippen molar-refractivity contribution in [2.24, 2.45) is 0 Å². The molecule has 4 heteroatoms. The first-order valence-corrected chi connectivity index (χ1v) is 5.08. The first kappa shape index (κ1) is 10.7. The zero-order valence-electron chi connectivity index (χ0n) is 9.20. The molecule has 0 radical (unpaired) electrons. The molecule has 16 heavy (non-hydrogen) atoms. The molecule has 0 saturated heterocycles. The second-order valence-electron chi connectivity index (χ2n) is 4.00. The standard InChI is InChI=1S/C12H13FN2O/c1-7(2)11-6-15-12(16-11)8-3-9(13)5-10(14)4-8/h3-7H,14H2,1-2H3. The van der Waals surface area contributed by atoms with Crippen LogP contribution in [0.25, 0.3) is 11.5 Å². The summed E-state index contributed by atoms with van der Waals surface area (Å²) >= 11 is 0. The summed E-state index contributed by atoms with van der Waals surface area (Å²) in [5.41, 5.74) is 6.47. The van der Waals surface area contributed by atoms with Crippen molar-refractivity contribution < 1.29 is 8.81 Å². The molecule has 0 unspecified atom stereocenters. The molecule has 0 aliphatic heterocycles. The molecule has 2 rings (SSSR count). The molecule has 0 aliphatic carbocycles. The van der Waals surface area contributed by atoms with Crippen LogP contribution >= 0.6 is 0 Å². The summed E-state index contributed by atoms with van der Waals surface area (Å²) < 4.78 is 18.6. The SMILES string of the molecule is CC(C)c1cnc(-c2cc(N)cc(F)c2)o1. The third-order valence-electron chi connectivity index (χ3n) is 2.26. The highest BCUT2D eigenvalue weighted by atomic mass is 19.1. The highest BCUT2D eigenvalue weighted by molar-refractivity contribution is 5.60. The maximum atomic E-state index is 13.1. The van der Waals surface area contributed by atoms with Crippen molar-refractivity contribution in [3.8, 4) is 11.5 Å². The van der Waals surface area contributed by atoms with Gasteiger partial charge in [0.25, 0.3) is 0 Å². The van der Waals surface area contributed by atoms with E-state index in [4.69, 9.17) is 10.2 Å². The number of oxazole rings is 1. The molecule has 1 heterocycles. The molecule has 1 aromatic heterocycles.